The molecule has 1 aliphatic carbocycles. The van der Waals surface area contributed by atoms with Crippen LogP contribution >= 0.6 is 0 Å². The highest BCUT2D eigenvalue weighted by Crippen LogP contribution is 2.36. The quantitative estimate of drug-likeness (QED) is 0.0660. The molecule has 72 heavy (non-hydrogen) atoms. The van der Waals surface area contributed by atoms with Crippen LogP contribution in [0.2, 0.25) is 0 Å². The van der Waals surface area contributed by atoms with Gasteiger partial charge in [0.05, 0.1) is 17.7 Å². The van der Waals surface area contributed by atoms with Crippen molar-refractivity contribution in [3.05, 3.63) is 104 Å². The molecule has 1 atom stereocenters. The number of piperidine rings is 1. The van der Waals surface area contributed by atoms with E-state index in [1.54, 1.807) is 18.2 Å². The van der Waals surface area contributed by atoms with Crippen molar-refractivity contribution in [3.63, 3.8) is 0 Å². The van der Waals surface area contributed by atoms with Crippen molar-refractivity contribution in [2.24, 2.45) is 0 Å². The standard InChI is InChI=1S/C56H70N8O8/c1-4-63(40-22-30-71-31-23-40)47-33-39(32-44(36(47)2)52(66)58-35-45-42-15-10-9-14-41(42)37(3)59-53(45)67)38-18-20-49(57-34-38)62-27-25-61(26-28-62)24-11-7-5-6-8-12-29-72-48-17-13-16-43-51(48)56(70)64(55(43)69)46-19-21-50(65)60-54(46)68/h13,16-18,20,32-34,40,46H,4-12,14-15,19,21-31,35H2,1-3H3,(H,58,66)(H,59,67)(H,60,65,68). The van der Waals surface area contributed by atoms with Gasteiger partial charge < -0.3 is 29.6 Å². The fourth-order valence-electron chi connectivity index (χ4n) is 11.5. The van der Waals surface area contributed by atoms with Gasteiger partial charge in [-0.05, 0) is 144 Å². The molecule has 0 bridgehead atoms. The first-order valence-electron chi connectivity index (χ1n) is 26.4. The predicted octanol–water partition coefficient (Wildman–Crippen LogP) is 6.81. The van der Waals surface area contributed by atoms with Gasteiger partial charge in [-0.2, -0.15) is 0 Å². The Morgan fingerprint density at radius 2 is 1.60 bits per heavy atom. The second-order valence-corrected chi connectivity index (χ2v) is 20.0. The third-order valence-corrected chi connectivity index (χ3v) is 15.5. The number of rotatable bonds is 19. The van der Waals surface area contributed by atoms with E-state index in [4.69, 9.17) is 14.5 Å². The van der Waals surface area contributed by atoms with Gasteiger partial charge in [0.15, 0.2) is 0 Å². The molecule has 5 amide bonds. The second kappa shape index (κ2) is 23.0. The van der Waals surface area contributed by atoms with E-state index in [1.807, 2.05) is 26.1 Å². The number of fused-ring (bicyclic) bond motifs is 2. The lowest BCUT2D eigenvalue weighted by Gasteiger charge is -2.37. The highest BCUT2D eigenvalue weighted by molar-refractivity contribution is 6.24. The number of H-pyrrole nitrogens is 1. The lowest BCUT2D eigenvalue weighted by Crippen LogP contribution is -2.54. The molecule has 1 unspecified atom stereocenters. The summed E-state index contributed by atoms with van der Waals surface area (Å²) in [5, 5.41) is 5.39. The van der Waals surface area contributed by atoms with Crippen LogP contribution in [0.3, 0.4) is 0 Å². The van der Waals surface area contributed by atoms with E-state index in [2.05, 4.69) is 55.4 Å². The molecule has 4 aliphatic heterocycles. The van der Waals surface area contributed by atoms with Crippen molar-refractivity contribution in [2.45, 2.75) is 129 Å². The smallest absolute Gasteiger partial charge is 0.266 e. The molecule has 9 rings (SSSR count). The molecule has 16 heteroatoms. The molecule has 5 aliphatic rings. The molecule has 3 fully saturated rings. The number of hydrogen-bond donors (Lipinski definition) is 3. The Kier molecular flexibility index (Phi) is 16.1. The normalized spacial score (nSPS) is 18.5. The number of imide groups is 2. The number of unbranched alkanes of at least 4 members (excludes halogenated alkanes) is 5. The number of anilines is 2. The number of carbonyl (C=O) groups excluding carboxylic acids is 5. The zero-order valence-corrected chi connectivity index (χ0v) is 42.2. The average molecular weight is 983 g/mol. The molecule has 0 radical (unpaired) electrons. The highest BCUT2D eigenvalue weighted by Gasteiger charge is 2.46. The van der Waals surface area contributed by atoms with Crippen LogP contribution in [0.1, 0.15) is 143 Å². The summed E-state index contributed by atoms with van der Waals surface area (Å²) in [6.45, 7) is 13.8. The first kappa shape index (κ1) is 50.5. The molecule has 6 heterocycles. The van der Waals surface area contributed by atoms with Gasteiger partial charge >= 0.3 is 0 Å². The Balaban J connectivity index is 0.742. The van der Waals surface area contributed by atoms with Gasteiger partial charge in [-0.15, -0.1) is 0 Å². The summed E-state index contributed by atoms with van der Waals surface area (Å²) in [5.41, 5.74) is 8.66. The number of benzene rings is 2. The number of hydrogen-bond acceptors (Lipinski definition) is 12. The van der Waals surface area contributed by atoms with Crippen LogP contribution in [0.5, 0.6) is 5.75 Å². The van der Waals surface area contributed by atoms with Crippen LogP contribution in [-0.2, 0) is 33.7 Å². The number of piperazine rings is 1. The molecular formula is C56H70N8O8. The molecule has 0 spiro atoms. The van der Waals surface area contributed by atoms with E-state index < -0.39 is 29.7 Å². The van der Waals surface area contributed by atoms with Crippen LogP contribution in [0.25, 0.3) is 11.1 Å². The lowest BCUT2D eigenvalue weighted by atomic mass is 9.88. The van der Waals surface area contributed by atoms with E-state index >= 15 is 0 Å². The van der Waals surface area contributed by atoms with E-state index in [0.717, 1.165) is 174 Å². The van der Waals surface area contributed by atoms with E-state index in [9.17, 15) is 28.8 Å². The minimum atomic E-state index is -1.01. The summed E-state index contributed by atoms with van der Waals surface area (Å²) in [5.74, 6) is -1.03. The average Bonchev–Trinajstić information content (AvgIpc) is 3.65. The molecule has 0 saturated carbocycles. The topological polar surface area (TPSA) is 187 Å². The molecule has 3 saturated heterocycles. The van der Waals surface area contributed by atoms with E-state index in [1.165, 1.54) is 5.56 Å². The number of carbonyl (C=O) groups is 5. The minimum absolute atomic E-state index is 0.0736. The molecule has 16 nitrogen and oxygen atoms in total. The highest BCUT2D eigenvalue weighted by atomic mass is 16.5. The van der Waals surface area contributed by atoms with Crippen LogP contribution in [0.4, 0.5) is 11.5 Å². The van der Waals surface area contributed by atoms with E-state index in [-0.39, 0.29) is 42.0 Å². The summed E-state index contributed by atoms with van der Waals surface area (Å²) >= 11 is 0. The maximum atomic E-state index is 14.3. The Hall–Kier alpha value is -6.39. The summed E-state index contributed by atoms with van der Waals surface area (Å²) in [6, 6.07) is 12.7. The SMILES string of the molecule is CCN(c1cc(-c2ccc(N3CCN(CCCCCCCCOc4cccc5c4C(=O)N(C4CCC(=O)NC4=O)C5=O)CC3)nc2)cc(C(=O)NCc2c3c(c(C)[nH]c2=O)CCCC3)c1C)C1CCOCC1. The fraction of sp³-hybridized carbons (Fsp3) is 0.518. The number of aromatic nitrogens is 2. The van der Waals surface area contributed by atoms with Gasteiger partial charge in [0.2, 0.25) is 11.8 Å². The molecule has 382 valence electrons. The Morgan fingerprint density at radius 3 is 2.33 bits per heavy atom. The number of ether oxygens (including phenoxy) is 2. The predicted molar refractivity (Wildman–Crippen MR) is 276 cm³/mol. The maximum Gasteiger partial charge on any atom is 0.266 e. The summed E-state index contributed by atoms with van der Waals surface area (Å²) < 4.78 is 11.7. The molecule has 3 N–H and O–H groups in total. The molecular weight excluding hydrogens is 913 g/mol. The molecule has 2 aromatic heterocycles. The number of aryl methyl sites for hydroxylation is 1. The zero-order chi connectivity index (χ0) is 50.3. The number of nitrogens with one attached hydrogen (secondary N) is 3. The van der Waals surface area contributed by atoms with Gasteiger partial charge in [0.1, 0.15) is 17.6 Å². The summed E-state index contributed by atoms with van der Waals surface area (Å²) in [4.78, 5) is 94.4. The Bertz CT molecular complexity index is 2720. The molecule has 4 aromatic rings. The van der Waals surface area contributed by atoms with Crippen LogP contribution in [0.15, 0.2) is 53.5 Å². The Morgan fingerprint density at radius 1 is 0.847 bits per heavy atom. The van der Waals surface area contributed by atoms with Crippen molar-refractivity contribution < 1.29 is 33.4 Å². The summed E-state index contributed by atoms with van der Waals surface area (Å²) in [6.07, 6.45) is 14.2. The lowest BCUT2D eigenvalue weighted by molar-refractivity contribution is -0.136. The van der Waals surface area contributed by atoms with Crippen molar-refractivity contribution in [2.75, 3.05) is 68.9 Å². The summed E-state index contributed by atoms with van der Waals surface area (Å²) in [7, 11) is 0. The van der Waals surface area contributed by atoms with Crippen molar-refractivity contribution >= 4 is 41.0 Å². The minimum Gasteiger partial charge on any atom is -0.493 e. The van der Waals surface area contributed by atoms with Crippen molar-refractivity contribution in [1.82, 2.24) is 30.4 Å². The first-order chi connectivity index (χ1) is 35.0. The maximum absolute atomic E-state index is 14.3. The first-order valence-corrected chi connectivity index (χ1v) is 26.4. The van der Waals surface area contributed by atoms with Gasteiger partial charge in [0.25, 0.3) is 23.3 Å². The largest absolute Gasteiger partial charge is 0.493 e. The van der Waals surface area contributed by atoms with Crippen LogP contribution < -0.4 is 30.7 Å². The van der Waals surface area contributed by atoms with Crippen LogP contribution in [-0.4, -0.2) is 120 Å². The monoisotopic (exact) mass is 983 g/mol. The second-order valence-electron chi connectivity index (χ2n) is 20.0. The Labute approximate surface area is 422 Å². The van der Waals surface area contributed by atoms with Gasteiger partial charge in [-0.3, -0.25) is 43.9 Å². The van der Waals surface area contributed by atoms with Gasteiger partial charge in [-0.25, -0.2) is 4.98 Å². The number of amides is 5. The zero-order valence-electron chi connectivity index (χ0n) is 42.2. The number of aromatic amines is 1. The third kappa shape index (κ3) is 11.0. The molecule has 2 aromatic carbocycles. The van der Waals surface area contributed by atoms with Gasteiger partial charge in [0, 0.05) is 99.2 Å². The number of pyridine rings is 2. The van der Waals surface area contributed by atoms with E-state index in [0.29, 0.717) is 29.5 Å². The van der Waals surface area contributed by atoms with Crippen molar-refractivity contribution in [1.29, 1.82) is 0 Å². The van der Waals surface area contributed by atoms with Gasteiger partial charge in [-0.1, -0.05) is 31.7 Å². The van der Waals surface area contributed by atoms with Crippen LogP contribution in [0, 0.1) is 13.8 Å². The fourth-order valence-corrected chi connectivity index (χ4v) is 11.5. The van der Waals surface area contributed by atoms with Crippen molar-refractivity contribution in [3.8, 4) is 16.9 Å². The third-order valence-electron chi connectivity index (χ3n) is 15.5. The number of nitrogens with zero attached hydrogens (tertiary/aromatic N) is 5.